The monoisotopic (exact) mass is 570 g/mol. The molecule has 10 nitrogen and oxygen atoms in total. The molecule has 3 aromatic heterocycles. The second kappa shape index (κ2) is 10.3. The molecular weight excluding hydrogens is 544 g/mol. The number of hydrogen-bond donors (Lipinski definition) is 2. The molecule has 1 aromatic carbocycles. The second-order valence-electron chi connectivity index (χ2n) is 10.5. The minimum Gasteiger partial charge on any atom is -0.358 e. The van der Waals surface area contributed by atoms with Crippen molar-refractivity contribution in [2.75, 3.05) is 30.8 Å². The van der Waals surface area contributed by atoms with E-state index in [1.807, 2.05) is 10.9 Å². The number of halogens is 4. The van der Waals surface area contributed by atoms with Gasteiger partial charge in [0.2, 0.25) is 11.9 Å². The Kier molecular flexibility index (Phi) is 6.72. The molecule has 1 saturated carbocycles. The van der Waals surface area contributed by atoms with Gasteiger partial charge in [-0.25, -0.2) is 14.4 Å². The highest BCUT2D eigenvalue weighted by atomic mass is 19.4. The molecule has 1 atom stereocenters. The third-order valence-corrected chi connectivity index (χ3v) is 7.53. The van der Waals surface area contributed by atoms with Crippen LogP contribution in [0.1, 0.15) is 36.6 Å². The number of hydrogen-bond acceptors (Lipinski definition) is 8. The molecule has 4 aromatic rings. The Morgan fingerprint density at radius 3 is 2.59 bits per heavy atom. The summed E-state index contributed by atoms with van der Waals surface area (Å²) in [6.07, 6.45) is 2.80. The van der Waals surface area contributed by atoms with Crippen LogP contribution in [0.15, 0.2) is 53.6 Å². The predicted molar refractivity (Wildman–Crippen MR) is 140 cm³/mol. The Morgan fingerprint density at radius 1 is 1.15 bits per heavy atom. The minimum absolute atomic E-state index is 0.0921. The summed E-state index contributed by atoms with van der Waals surface area (Å²) in [6, 6.07) is 5.76. The SMILES string of the molecule is CN1CCC(n2cc(Nc3ncc(-c4ccc(CC(=O)Nc5cc(C6(C(F)(F)F)CC6)on5)c(F)c4)cn3)cn2)C1. The van der Waals surface area contributed by atoms with Crippen molar-refractivity contribution < 1.29 is 26.9 Å². The standard InChI is InChI=1S/C27H26F4N8O2/c1-38-7-4-20(15-38)39-14-19(13-34-39)35-25-32-11-18(12-33-25)16-2-3-17(21(28)8-16)9-24(40)36-23-10-22(41-37-23)26(5-6-26)27(29,30)31/h2-3,8,10-14,20H,4-7,9,15H2,1H3,(H,32,33,35)(H,36,37,40). The first-order valence-corrected chi connectivity index (χ1v) is 13.0. The van der Waals surface area contributed by atoms with E-state index in [1.165, 1.54) is 12.1 Å². The highest BCUT2D eigenvalue weighted by molar-refractivity contribution is 5.91. The number of rotatable bonds is 8. The molecule has 2 fully saturated rings. The first-order chi connectivity index (χ1) is 19.6. The average molecular weight is 571 g/mol. The van der Waals surface area contributed by atoms with Crippen LogP contribution in [0.3, 0.4) is 0 Å². The summed E-state index contributed by atoms with van der Waals surface area (Å²) in [5.74, 6) is -1.40. The fourth-order valence-electron chi connectivity index (χ4n) is 4.99. The van der Waals surface area contributed by atoms with Gasteiger partial charge >= 0.3 is 6.18 Å². The molecule has 2 N–H and O–H groups in total. The largest absolute Gasteiger partial charge is 0.401 e. The molecule has 1 aliphatic heterocycles. The highest BCUT2D eigenvalue weighted by Gasteiger charge is 2.66. The van der Waals surface area contributed by atoms with Gasteiger partial charge in [0.15, 0.2) is 11.6 Å². The van der Waals surface area contributed by atoms with Crippen molar-refractivity contribution in [1.29, 1.82) is 0 Å². The molecule has 0 spiro atoms. The third kappa shape index (κ3) is 5.51. The lowest BCUT2D eigenvalue weighted by molar-refractivity contribution is -0.165. The summed E-state index contributed by atoms with van der Waals surface area (Å²) < 4.78 is 61.5. The number of likely N-dealkylation sites (N-methyl/N-ethyl adjacent to an activating group) is 1. The molecule has 214 valence electrons. The molecular formula is C27H26F4N8O2. The van der Waals surface area contributed by atoms with Gasteiger partial charge in [0.1, 0.15) is 11.2 Å². The predicted octanol–water partition coefficient (Wildman–Crippen LogP) is 4.86. The van der Waals surface area contributed by atoms with Crippen molar-refractivity contribution >= 4 is 23.4 Å². The van der Waals surface area contributed by atoms with E-state index in [0.29, 0.717) is 23.1 Å². The Labute approximate surface area is 231 Å². The molecule has 0 bridgehead atoms. The summed E-state index contributed by atoms with van der Waals surface area (Å²) in [6.45, 7) is 1.98. The molecule has 0 radical (unpaired) electrons. The van der Waals surface area contributed by atoms with Crippen LogP contribution in [0, 0.1) is 5.82 Å². The fraction of sp³-hybridized carbons (Fsp3) is 0.370. The first-order valence-electron chi connectivity index (χ1n) is 13.0. The highest BCUT2D eigenvalue weighted by Crippen LogP contribution is 2.59. The molecule has 1 aliphatic carbocycles. The number of benzene rings is 1. The Bertz CT molecular complexity index is 1560. The van der Waals surface area contributed by atoms with Crippen LogP contribution >= 0.6 is 0 Å². The summed E-state index contributed by atoms with van der Waals surface area (Å²) >= 11 is 0. The lowest BCUT2D eigenvalue weighted by Gasteiger charge is -2.14. The van der Waals surface area contributed by atoms with E-state index in [1.54, 1.807) is 24.7 Å². The molecule has 1 amide bonds. The van der Waals surface area contributed by atoms with Crippen molar-refractivity contribution in [3.05, 3.63) is 66.2 Å². The van der Waals surface area contributed by atoms with Crippen molar-refractivity contribution in [1.82, 2.24) is 29.8 Å². The zero-order chi connectivity index (χ0) is 28.8. The van der Waals surface area contributed by atoms with Crippen LogP contribution in [0.25, 0.3) is 11.1 Å². The quantitative estimate of drug-likeness (QED) is 0.289. The topological polar surface area (TPSA) is 114 Å². The van der Waals surface area contributed by atoms with Gasteiger partial charge in [-0.05, 0) is 50.0 Å². The summed E-state index contributed by atoms with van der Waals surface area (Å²) in [5.41, 5.74) is -0.0919. The van der Waals surface area contributed by atoms with Crippen LogP contribution < -0.4 is 10.6 Å². The minimum atomic E-state index is -4.46. The van der Waals surface area contributed by atoms with E-state index >= 15 is 0 Å². The van der Waals surface area contributed by atoms with Crippen molar-refractivity contribution in [2.45, 2.75) is 43.3 Å². The van der Waals surface area contributed by atoms with Crippen molar-refractivity contribution in [3.8, 4) is 11.1 Å². The number of carbonyl (C=O) groups is 1. The lowest BCUT2D eigenvalue weighted by atomic mass is 10.0. The molecule has 41 heavy (non-hydrogen) atoms. The van der Waals surface area contributed by atoms with Gasteiger partial charge in [0, 0.05) is 36.8 Å². The maximum atomic E-state index is 14.9. The first kappa shape index (κ1) is 26.9. The number of carbonyl (C=O) groups excluding carboxylic acids is 1. The zero-order valence-corrected chi connectivity index (χ0v) is 22.0. The summed E-state index contributed by atoms with van der Waals surface area (Å²) in [4.78, 5) is 23.3. The molecule has 1 saturated heterocycles. The van der Waals surface area contributed by atoms with Crippen LogP contribution in [-0.4, -0.2) is 62.0 Å². The van der Waals surface area contributed by atoms with Crippen molar-refractivity contribution in [3.63, 3.8) is 0 Å². The number of nitrogens with one attached hydrogen (secondary N) is 2. The average Bonchev–Trinajstić information content (AvgIpc) is 3.21. The van der Waals surface area contributed by atoms with Crippen molar-refractivity contribution in [2.24, 2.45) is 0 Å². The van der Waals surface area contributed by atoms with Gasteiger partial charge in [-0.15, -0.1) is 0 Å². The number of amides is 1. The number of alkyl halides is 3. The fourth-order valence-corrected chi connectivity index (χ4v) is 4.99. The Hall–Kier alpha value is -4.33. The number of anilines is 3. The van der Waals surface area contributed by atoms with E-state index in [2.05, 4.69) is 42.8 Å². The number of aromatic nitrogens is 5. The van der Waals surface area contributed by atoms with E-state index < -0.39 is 23.3 Å². The van der Waals surface area contributed by atoms with Gasteiger partial charge in [0.25, 0.3) is 0 Å². The molecule has 4 heterocycles. The molecule has 14 heteroatoms. The molecule has 2 aliphatic rings. The van der Waals surface area contributed by atoms with Gasteiger partial charge in [0.05, 0.1) is 24.3 Å². The smallest absolute Gasteiger partial charge is 0.358 e. The summed E-state index contributed by atoms with van der Waals surface area (Å²) in [7, 11) is 2.08. The number of likely N-dealkylation sites (tertiary alicyclic amines) is 1. The maximum absolute atomic E-state index is 14.9. The van der Waals surface area contributed by atoms with Gasteiger partial charge < -0.3 is 20.1 Å². The van der Waals surface area contributed by atoms with Crippen LogP contribution in [-0.2, 0) is 16.6 Å². The van der Waals surface area contributed by atoms with Crippen LogP contribution in [0.2, 0.25) is 0 Å². The van der Waals surface area contributed by atoms with Crippen LogP contribution in [0.4, 0.5) is 35.0 Å². The maximum Gasteiger partial charge on any atom is 0.401 e. The Morgan fingerprint density at radius 2 is 1.93 bits per heavy atom. The van der Waals surface area contributed by atoms with Gasteiger partial charge in [-0.3, -0.25) is 9.48 Å². The second-order valence-corrected chi connectivity index (χ2v) is 10.5. The zero-order valence-electron chi connectivity index (χ0n) is 22.0. The molecule has 1 unspecified atom stereocenters. The third-order valence-electron chi connectivity index (χ3n) is 7.53. The van der Waals surface area contributed by atoms with E-state index in [9.17, 15) is 22.4 Å². The van der Waals surface area contributed by atoms with Gasteiger partial charge in [-0.1, -0.05) is 17.3 Å². The van der Waals surface area contributed by atoms with E-state index in [-0.39, 0.29) is 36.4 Å². The van der Waals surface area contributed by atoms with Crippen LogP contribution in [0.5, 0.6) is 0 Å². The lowest BCUT2D eigenvalue weighted by Crippen LogP contribution is -2.28. The molecule has 6 rings (SSSR count). The number of nitrogens with zero attached hydrogens (tertiary/aromatic N) is 6. The Balaban J connectivity index is 1.06. The van der Waals surface area contributed by atoms with E-state index in [4.69, 9.17) is 4.52 Å². The van der Waals surface area contributed by atoms with Gasteiger partial charge in [-0.2, -0.15) is 18.3 Å². The van der Waals surface area contributed by atoms with E-state index in [0.717, 1.165) is 31.3 Å². The summed E-state index contributed by atoms with van der Waals surface area (Å²) in [5, 5.41) is 13.4. The normalized spacial score (nSPS) is 18.4.